The summed E-state index contributed by atoms with van der Waals surface area (Å²) in [6.07, 6.45) is 2.00. The molecule has 0 spiro atoms. The first-order valence-corrected chi connectivity index (χ1v) is 4.35. The van der Waals surface area contributed by atoms with Crippen molar-refractivity contribution < 1.29 is 0 Å². The summed E-state index contributed by atoms with van der Waals surface area (Å²) in [4.78, 5) is 1.12. The van der Waals surface area contributed by atoms with Crippen LogP contribution in [0.15, 0.2) is 40.6 Å². The second-order valence-electron chi connectivity index (χ2n) is 2.13. The number of allylic oxidation sites excluding steroid dienone is 1. The molecular weight excluding hydrogens is 154 g/mol. The predicted molar refractivity (Wildman–Crippen MR) is 51.5 cm³/mol. The summed E-state index contributed by atoms with van der Waals surface area (Å²) < 4.78 is 0. The Labute approximate surface area is 71.3 Å². The Balaban J connectivity index is 2.77. The highest BCUT2D eigenvalue weighted by molar-refractivity contribution is 8.02. The van der Waals surface area contributed by atoms with E-state index in [1.54, 1.807) is 11.8 Å². The van der Waals surface area contributed by atoms with Crippen LogP contribution in [0.2, 0.25) is 0 Å². The first-order chi connectivity index (χ1) is 5.34. The Morgan fingerprint density at radius 2 is 2.09 bits per heavy atom. The molecule has 0 unspecified atom stereocenters. The smallest absolute Gasteiger partial charge is 0.0455 e. The van der Waals surface area contributed by atoms with Gasteiger partial charge in [0.05, 0.1) is 0 Å². The zero-order valence-electron chi connectivity index (χ0n) is 6.45. The van der Waals surface area contributed by atoms with E-state index in [0.717, 1.165) is 10.6 Å². The van der Waals surface area contributed by atoms with Crippen molar-refractivity contribution in [1.29, 1.82) is 0 Å². The molecule has 0 saturated heterocycles. The van der Waals surface area contributed by atoms with E-state index in [4.69, 9.17) is 5.73 Å². The molecule has 1 rings (SSSR count). The summed E-state index contributed by atoms with van der Waals surface area (Å²) in [6, 6.07) is 7.85. The van der Waals surface area contributed by atoms with Gasteiger partial charge < -0.3 is 5.73 Å². The molecule has 0 bridgehead atoms. The third-order valence-corrected chi connectivity index (χ3v) is 2.28. The summed E-state index contributed by atoms with van der Waals surface area (Å²) >= 11 is 1.64. The van der Waals surface area contributed by atoms with Gasteiger partial charge in [-0.25, -0.2) is 0 Å². The average Bonchev–Trinajstić information content (AvgIpc) is 2.03. The van der Waals surface area contributed by atoms with E-state index < -0.39 is 0 Å². The monoisotopic (exact) mass is 165 g/mol. The van der Waals surface area contributed by atoms with E-state index in [1.165, 1.54) is 0 Å². The maximum atomic E-state index is 5.71. The van der Waals surface area contributed by atoms with Crippen LogP contribution in [0.3, 0.4) is 0 Å². The Bertz CT molecular complexity index is 255. The SMILES string of the molecule is C/C=C/Sc1ccccc1N. The van der Waals surface area contributed by atoms with Crippen LogP contribution >= 0.6 is 11.8 Å². The molecular formula is C9H11NS. The summed E-state index contributed by atoms with van der Waals surface area (Å²) in [6.45, 7) is 1.99. The van der Waals surface area contributed by atoms with Crippen molar-refractivity contribution in [2.45, 2.75) is 11.8 Å². The molecule has 0 heterocycles. The second kappa shape index (κ2) is 4.09. The molecule has 0 fully saturated rings. The zero-order valence-corrected chi connectivity index (χ0v) is 7.27. The van der Waals surface area contributed by atoms with Crippen molar-refractivity contribution in [3.8, 4) is 0 Å². The standard InChI is InChI=1S/C9H11NS/c1-2-7-11-9-6-4-3-5-8(9)10/h2-7H,10H2,1H3/b7-2+. The van der Waals surface area contributed by atoms with E-state index in [2.05, 4.69) is 0 Å². The van der Waals surface area contributed by atoms with E-state index >= 15 is 0 Å². The van der Waals surface area contributed by atoms with Gasteiger partial charge in [0.2, 0.25) is 0 Å². The number of rotatable bonds is 2. The van der Waals surface area contributed by atoms with Crippen molar-refractivity contribution in [2.24, 2.45) is 0 Å². The third-order valence-electron chi connectivity index (χ3n) is 1.25. The first kappa shape index (κ1) is 8.21. The van der Waals surface area contributed by atoms with Gasteiger partial charge in [-0.2, -0.15) is 0 Å². The van der Waals surface area contributed by atoms with Crippen LogP contribution in [-0.4, -0.2) is 0 Å². The van der Waals surface area contributed by atoms with E-state index in [1.807, 2.05) is 42.7 Å². The molecule has 1 aromatic rings. The zero-order chi connectivity index (χ0) is 8.10. The number of para-hydroxylation sites is 1. The van der Waals surface area contributed by atoms with Crippen LogP contribution in [0, 0.1) is 0 Å². The molecule has 0 aliphatic rings. The van der Waals surface area contributed by atoms with Gasteiger partial charge in [-0.05, 0) is 24.5 Å². The number of nitrogen functional groups attached to an aromatic ring is 1. The highest BCUT2D eigenvalue weighted by atomic mass is 32.2. The lowest BCUT2D eigenvalue weighted by Gasteiger charge is -1.99. The molecule has 0 saturated carbocycles. The van der Waals surface area contributed by atoms with Crippen LogP contribution in [-0.2, 0) is 0 Å². The molecule has 58 valence electrons. The van der Waals surface area contributed by atoms with E-state index in [-0.39, 0.29) is 0 Å². The fourth-order valence-electron chi connectivity index (χ4n) is 0.729. The lowest BCUT2D eigenvalue weighted by atomic mass is 10.3. The minimum atomic E-state index is 0.843. The molecule has 1 aromatic carbocycles. The maximum Gasteiger partial charge on any atom is 0.0455 e. The summed E-state index contributed by atoms with van der Waals surface area (Å²) in [5.41, 5.74) is 6.55. The fraction of sp³-hybridized carbons (Fsp3) is 0.111. The Morgan fingerprint density at radius 1 is 1.36 bits per heavy atom. The Morgan fingerprint density at radius 3 is 2.73 bits per heavy atom. The van der Waals surface area contributed by atoms with Gasteiger partial charge >= 0.3 is 0 Å². The molecule has 0 aliphatic carbocycles. The normalized spacial score (nSPS) is 10.6. The number of hydrogen-bond acceptors (Lipinski definition) is 2. The van der Waals surface area contributed by atoms with Gasteiger partial charge in [-0.1, -0.05) is 30.0 Å². The molecule has 0 aromatic heterocycles. The van der Waals surface area contributed by atoms with E-state index in [0.29, 0.717) is 0 Å². The van der Waals surface area contributed by atoms with Crippen LogP contribution in [0.25, 0.3) is 0 Å². The van der Waals surface area contributed by atoms with Crippen molar-refractivity contribution in [3.63, 3.8) is 0 Å². The van der Waals surface area contributed by atoms with Crippen LogP contribution in [0.4, 0.5) is 5.69 Å². The molecule has 11 heavy (non-hydrogen) atoms. The lowest BCUT2D eigenvalue weighted by molar-refractivity contribution is 1.47. The van der Waals surface area contributed by atoms with Crippen molar-refractivity contribution in [1.82, 2.24) is 0 Å². The van der Waals surface area contributed by atoms with Crippen molar-refractivity contribution in [3.05, 3.63) is 35.7 Å². The highest BCUT2D eigenvalue weighted by Crippen LogP contribution is 2.24. The van der Waals surface area contributed by atoms with Crippen LogP contribution < -0.4 is 5.73 Å². The number of hydrogen-bond donors (Lipinski definition) is 1. The van der Waals surface area contributed by atoms with Gasteiger partial charge in [0.25, 0.3) is 0 Å². The van der Waals surface area contributed by atoms with Gasteiger partial charge in [-0.15, -0.1) is 0 Å². The minimum absolute atomic E-state index is 0.843. The Hall–Kier alpha value is -0.890. The predicted octanol–water partition coefficient (Wildman–Crippen LogP) is 2.89. The topological polar surface area (TPSA) is 26.0 Å². The molecule has 1 nitrogen and oxygen atoms in total. The molecule has 0 amide bonds. The van der Waals surface area contributed by atoms with E-state index in [9.17, 15) is 0 Å². The van der Waals surface area contributed by atoms with Gasteiger partial charge in [0, 0.05) is 10.6 Å². The van der Waals surface area contributed by atoms with Crippen molar-refractivity contribution >= 4 is 17.4 Å². The molecule has 0 atom stereocenters. The van der Waals surface area contributed by atoms with Gasteiger partial charge in [0.1, 0.15) is 0 Å². The minimum Gasteiger partial charge on any atom is -0.398 e. The fourth-order valence-corrected chi connectivity index (χ4v) is 1.37. The van der Waals surface area contributed by atoms with Crippen LogP contribution in [0.1, 0.15) is 6.92 Å². The number of nitrogens with two attached hydrogens (primary N) is 1. The summed E-state index contributed by atoms with van der Waals surface area (Å²) in [5.74, 6) is 0. The van der Waals surface area contributed by atoms with Gasteiger partial charge in [-0.3, -0.25) is 0 Å². The molecule has 0 radical (unpaired) electrons. The van der Waals surface area contributed by atoms with Gasteiger partial charge in [0.15, 0.2) is 0 Å². The first-order valence-electron chi connectivity index (χ1n) is 3.47. The Kier molecular flexibility index (Phi) is 3.05. The number of anilines is 1. The maximum absolute atomic E-state index is 5.71. The summed E-state index contributed by atoms with van der Waals surface area (Å²) in [5, 5.41) is 2.02. The largest absolute Gasteiger partial charge is 0.398 e. The molecule has 0 aliphatic heterocycles. The second-order valence-corrected chi connectivity index (χ2v) is 3.07. The van der Waals surface area contributed by atoms with Crippen LogP contribution in [0.5, 0.6) is 0 Å². The molecule has 2 N–H and O–H groups in total. The van der Waals surface area contributed by atoms with Crippen molar-refractivity contribution in [2.75, 3.05) is 5.73 Å². The highest BCUT2D eigenvalue weighted by Gasteiger charge is 1.93. The quantitative estimate of drug-likeness (QED) is 0.538. The third kappa shape index (κ3) is 2.31. The number of thioether (sulfide) groups is 1. The molecule has 2 heteroatoms. The average molecular weight is 165 g/mol. The summed E-state index contributed by atoms with van der Waals surface area (Å²) in [7, 11) is 0. The lowest BCUT2D eigenvalue weighted by Crippen LogP contribution is -1.85. The number of benzene rings is 1.